The van der Waals surface area contributed by atoms with Gasteiger partial charge in [0.15, 0.2) is 0 Å². The van der Waals surface area contributed by atoms with Gasteiger partial charge in [-0.15, -0.1) is 0 Å². The normalized spacial score (nSPS) is 15.4. The topological polar surface area (TPSA) is 6.48 Å². The van der Waals surface area contributed by atoms with E-state index in [1.165, 1.54) is 16.8 Å². The summed E-state index contributed by atoms with van der Waals surface area (Å²) in [4.78, 5) is 5.79. The minimum Gasteiger partial charge on any atom is -0.368 e. The molecule has 1 aliphatic rings. The monoisotopic (exact) mass is 352 g/mol. The van der Waals surface area contributed by atoms with Crippen LogP contribution in [-0.2, 0) is 5.41 Å². The van der Waals surface area contributed by atoms with Crippen molar-refractivity contribution in [2.45, 2.75) is 33.1 Å². The first-order chi connectivity index (χ1) is 11.9. The minimum absolute atomic E-state index is 0.180. The fraction of sp³-hybridized carbons (Fsp3) is 0.409. The van der Waals surface area contributed by atoms with Crippen molar-refractivity contribution in [3.05, 3.63) is 65.2 Å². The van der Waals surface area contributed by atoms with Crippen molar-refractivity contribution < 1.29 is 0 Å². The molecule has 0 atom stereocenters. The third-order valence-electron chi connectivity index (χ3n) is 5.02. The van der Waals surface area contributed by atoms with E-state index >= 15 is 0 Å². The molecule has 132 valence electrons. The summed E-state index contributed by atoms with van der Waals surface area (Å²) < 4.78 is 0. The standard InChI is InChI=1S/C22H28N2S/c1-17-7-5-6-8-20(17)23-13-15-24(16-14-23)21(25)18-9-11-19(12-10-18)22(2,3)4/h5-12H,13-16H2,1-4H3. The van der Waals surface area contributed by atoms with Crippen LogP contribution in [0.2, 0.25) is 0 Å². The lowest BCUT2D eigenvalue weighted by Crippen LogP contribution is -2.48. The quantitative estimate of drug-likeness (QED) is 0.718. The molecule has 0 aromatic heterocycles. The summed E-state index contributed by atoms with van der Waals surface area (Å²) >= 11 is 5.77. The van der Waals surface area contributed by atoms with Gasteiger partial charge in [-0.25, -0.2) is 0 Å². The Morgan fingerprint density at radius 1 is 0.880 bits per heavy atom. The Labute approximate surface area is 157 Å². The van der Waals surface area contributed by atoms with Gasteiger partial charge < -0.3 is 9.80 Å². The predicted molar refractivity (Wildman–Crippen MR) is 112 cm³/mol. The summed E-state index contributed by atoms with van der Waals surface area (Å²) in [6.45, 7) is 12.9. The number of thiocarbonyl (C=S) groups is 1. The van der Waals surface area contributed by atoms with E-state index in [-0.39, 0.29) is 5.41 Å². The van der Waals surface area contributed by atoms with E-state index in [1.807, 2.05) is 0 Å². The van der Waals surface area contributed by atoms with E-state index in [2.05, 4.69) is 86.0 Å². The van der Waals surface area contributed by atoms with E-state index in [9.17, 15) is 0 Å². The first kappa shape index (κ1) is 17.9. The van der Waals surface area contributed by atoms with Crippen LogP contribution < -0.4 is 4.90 Å². The number of aryl methyl sites for hydroxylation is 1. The number of piperazine rings is 1. The van der Waals surface area contributed by atoms with Crippen LogP contribution in [0.15, 0.2) is 48.5 Å². The van der Waals surface area contributed by atoms with Crippen LogP contribution in [0.25, 0.3) is 0 Å². The van der Waals surface area contributed by atoms with Crippen LogP contribution in [-0.4, -0.2) is 36.1 Å². The number of rotatable bonds is 2. The molecule has 25 heavy (non-hydrogen) atoms. The molecule has 2 nitrogen and oxygen atoms in total. The average Bonchev–Trinajstić information content (AvgIpc) is 2.61. The zero-order chi connectivity index (χ0) is 18.0. The van der Waals surface area contributed by atoms with Gasteiger partial charge in [-0.05, 0) is 29.5 Å². The lowest BCUT2D eigenvalue weighted by atomic mass is 9.87. The van der Waals surface area contributed by atoms with E-state index < -0.39 is 0 Å². The van der Waals surface area contributed by atoms with Crippen molar-refractivity contribution in [2.75, 3.05) is 31.1 Å². The Morgan fingerprint density at radius 3 is 2.04 bits per heavy atom. The summed E-state index contributed by atoms with van der Waals surface area (Å²) in [5, 5.41) is 0. The number of anilines is 1. The van der Waals surface area contributed by atoms with Crippen molar-refractivity contribution in [1.29, 1.82) is 0 Å². The Balaban J connectivity index is 1.65. The first-order valence-electron chi connectivity index (χ1n) is 9.06. The lowest BCUT2D eigenvalue weighted by Gasteiger charge is -2.38. The van der Waals surface area contributed by atoms with Gasteiger partial charge >= 0.3 is 0 Å². The van der Waals surface area contributed by atoms with Gasteiger partial charge in [0.25, 0.3) is 0 Å². The molecule has 0 radical (unpaired) electrons. The van der Waals surface area contributed by atoms with Gasteiger partial charge in [-0.2, -0.15) is 0 Å². The summed E-state index contributed by atoms with van der Waals surface area (Å²) in [5.41, 5.74) is 5.38. The van der Waals surface area contributed by atoms with E-state index in [4.69, 9.17) is 12.2 Å². The second-order valence-corrected chi connectivity index (χ2v) is 8.28. The molecule has 1 heterocycles. The average molecular weight is 353 g/mol. The second-order valence-electron chi connectivity index (χ2n) is 7.89. The van der Waals surface area contributed by atoms with Gasteiger partial charge in [-0.1, -0.05) is 75.5 Å². The van der Waals surface area contributed by atoms with Gasteiger partial charge in [0.2, 0.25) is 0 Å². The maximum Gasteiger partial charge on any atom is 0.109 e. The number of benzene rings is 2. The van der Waals surface area contributed by atoms with Crippen molar-refractivity contribution in [3.8, 4) is 0 Å². The minimum atomic E-state index is 0.180. The maximum absolute atomic E-state index is 5.77. The summed E-state index contributed by atoms with van der Waals surface area (Å²) in [5.74, 6) is 0. The molecule has 3 rings (SSSR count). The molecule has 1 saturated heterocycles. The van der Waals surface area contributed by atoms with E-state index in [1.54, 1.807) is 0 Å². The highest BCUT2D eigenvalue weighted by molar-refractivity contribution is 7.80. The molecular weight excluding hydrogens is 324 g/mol. The molecule has 3 heteroatoms. The van der Waals surface area contributed by atoms with E-state index in [0.717, 1.165) is 36.7 Å². The smallest absolute Gasteiger partial charge is 0.109 e. The molecule has 0 saturated carbocycles. The van der Waals surface area contributed by atoms with Crippen LogP contribution in [0.5, 0.6) is 0 Å². The van der Waals surface area contributed by atoms with Gasteiger partial charge in [-0.3, -0.25) is 0 Å². The van der Waals surface area contributed by atoms with E-state index in [0.29, 0.717) is 0 Å². The van der Waals surface area contributed by atoms with Crippen LogP contribution >= 0.6 is 12.2 Å². The molecule has 2 aromatic rings. The molecular formula is C22H28N2S. The molecule has 0 spiro atoms. The number of hydrogen-bond donors (Lipinski definition) is 0. The molecule has 0 amide bonds. The zero-order valence-electron chi connectivity index (χ0n) is 15.7. The van der Waals surface area contributed by atoms with Crippen LogP contribution in [0.4, 0.5) is 5.69 Å². The molecule has 1 fully saturated rings. The van der Waals surface area contributed by atoms with Gasteiger partial charge in [0.1, 0.15) is 4.99 Å². The number of hydrogen-bond acceptors (Lipinski definition) is 2. The van der Waals surface area contributed by atoms with Crippen LogP contribution in [0.1, 0.15) is 37.5 Å². The maximum atomic E-state index is 5.77. The molecule has 1 aliphatic heterocycles. The number of para-hydroxylation sites is 1. The highest BCUT2D eigenvalue weighted by atomic mass is 32.1. The van der Waals surface area contributed by atoms with Crippen molar-refractivity contribution >= 4 is 22.9 Å². The van der Waals surface area contributed by atoms with Gasteiger partial charge in [0.05, 0.1) is 0 Å². The lowest BCUT2D eigenvalue weighted by molar-refractivity contribution is 0.392. The van der Waals surface area contributed by atoms with Crippen molar-refractivity contribution in [2.24, 2.45) is 0 Å². The molecule has 0 aliphatic carbocycles. The summed E-state index contributed by atoms with van der Waals surface area (Å²) in [7, 11) is 0. The van der Waals surface area contributed by atoms with Crippen LogP contribution in [0.3, 0.4) is 0 Å². The Kier molecular flexibility index (Phi) is 5.14. The summed E-state index contributed by atoms with van der Waals surface area (Å²) in [6, 6.07) is 17.4. The van der Waals surface area contributed by atoms with Crippen LogP contribution in [0, 0.1) is 6.92 Å². The fourth-order valence-corrected chi connectivity index (χ4v) is 3.68. The Hall–Kier alpha value is -1.87. The Morgan fingerprint density at radius 2 is 1.48 bits per heavy atom. The SMILES string of the molecule is Cc1ccccc1N1CCN(C(=S)c2ccc(C(C)(C)C)cc2)CC1. The molecule has 0 N–H and O–H groups in total. The largest absolute Gasteiger partial charge is 0.368 e. The molecule has 0 unspecified atom stereocenters. The molecule has 2 aromatic carbocycles. The fourth-order valence-electron chi connectivity index (χ4n) is 3.36. The van der Waals surface area contributed by atoms with Gasteiger partial charge in [0, 0.05) is 37.4 Å². The summed E-state index contributed by atoms with van der Waals surface area (Å²) in [6.07, 6.45) is 0. The third-order valence-corrected chi connectivity index (χ3v) is 5.51. The molecule has 0 bridgehead atoms. The predicted octanol–water partition coefficient (Wildman–Crippen LogP) is 4.79. The number of nitrogens with zero attached hydrogens (tertiary/aromatic N) is 2. The Bertz CT molecular complexity index is 735. The van der Waals surface area contributed by atoms with Crippen molar-refractivity contribution in [3.63, 3.8) is 0 Å². The second kappa shape index (κ2) is 7.17. The zero-order valence-corrected chi connectivity index (χ0v) is 16.6. The highest BCUT2D eigenvalue weighted by Gasteiger charge is 2.21. The highest BCUT2D eigenvalue weighted by Crippen LogP contribution is 2.24. The third kappa shape index (κ3) is 4.04. The first-order valence-corrected chi connectivity index (χ1v) is 9.47. The van der Waals surface area contributed by atoms with Crippen molar-refractivity contribution in [1.82, 2.24) is 4.90 Å².